The van der Waals surface area contributed by atoms with Crippen LogP contribution in [0.5, 0.6) is 0 Å². The maximum Gasteiger partial charge on any atom is 0.318 e. The summed E-state index contributed by atoms with van der Waals surface area (Å²) in [4.78, 5) is 37.7. The SMILES string of the molecule is CC(C)C(CC(=O)O)NC(=O)N1CCCN(C)C(=O)C1. The number of hydrogen-bond donors (Lipinski definition) is 2. The summed E-state index contributed by atoms with van der Waals surface area (Å²) in [6.45, 7) is 4.88. The standard InChI is InChI=1S/C13H23N3O4/c1-9(2)10(7-12(18)19)14-13(20)16-6-4-5-15(3)11(17)8-16/h9-10H,4-8H2,1-3H3,(H,14,20)(H,18,19). The first-order valence-electron chi connectivity index (χ1n) is 6.82. The minimum absolute atomic E-state index is 0.0143. The number of carboxylic acids is 1. The Labute approximate surface area is 118 Å². The topological polar surface area (TPSA) is 89.9 Å². The molecule has 1 heterocycles. The number of nitrogens with one attached hydrogen (secondary N) is 1. The summed E-state index contributed by atoms with van der Waals surface area (Å²) in [7, 11) is 1.71. The molecule has 7 heteroatoms. The third-order valence-electron chi connectivity index (χ3n) is 3.47. The van der Waals surface area contributed by atoms with E-state index in [9.17, 15) is 14.4 Å². The van der Waals surface area contributed by atoms with Crippen LogP contribution in [0.25, 0.3) is 0 Å². The van der Waals surface area contributed by atoms with Crippen LogP contribution < -0.4 is 5.32 Å². The van der Waals surface area contributed by atoms with Gasteiger partial charge in [0, 0.05) is 26.2 Å². The van der Waals surface area contributed by atoms with E-state index >= 15 is 0 Å². The van der Waals surface area contributed by atoms with Gasteiger partial charge in [-0.1, -0.05) is 13.8 Å². The van der Waals surface area contributed by atoms with Crippen LogP contribution in [-0.4, -0.2) is 65.5 Å². The molecule has 0 aliphatic carbocycles. The van der Waals surface area contributed by atoms with E-state index in [4.69, 9.17) is 5.11 Å². The second kappa shape index (κ2) is 7.12. The number of carbonyl (C=O) groups is 3. The zero-order valence-corrected chi connectivity index (χ0v) is 12.3. The molecule has 1 aliphatic rings. The quantitative estimate of drug-likeness (QED) is 0.780. The van der Waals surface area contributed by atoms with E-state index in [1.54, 1.807) is 11.9 Å². The molecule has 1 rings (SSSR count). The lowest BCUT2D eigenvalue weighted by Gasteiger charge is -2.26. The second-order valence-corrected chi connectivity index (χ2v) is 5.49. The Kier molecular flexibility index (Phi) is 5.79. The van der Waals surface area contributed by atoms with Gasteiger partial charge >= 0.3 is 12.0 Å². The van der Waals surface area contributed by atoms with Crippen LogP contribution in [0.3, 0.4) is 0 Å². The molecule has 0 radical (unpaired) electrons. The molecule has 7 nitrogen and oxygen atoms in total. The molecule has 0 bridgehead atoms. The number of hydrogen-bond acceptors (Lipinski definition) is 3. The van der Waals surface area contributed by atoms with E-state index in [1.807, 2.05) is 13.8 Å². The Morgan fingerprint density at radius 2 is 2.00 bits per heavy atom. The van der Waals surface area contributed by atoms with Gasteiger partial charge in [0.05, 0.1) is 6.42 Å². The summed E-state index contributed by atoms with van der Waals surface area (Å²) in [5.74, 6) is -1.03. The molecule has 3 amide bonds. The van der Waals surface area contributed by atoms with Gasteiger partial charge in [0.2, 0.25) is 5.91 Å². The number of aliphatic carboxylic acids is 1. The van der Waals surface area contributed by atoms with Crippen LogP contribution in [0.4, 0.5) is 4.79 Å². The number of nitrogens with zero attached hydrogens (tertiary/aromatic N) is 2. The summed E-state index contributed by atoms with van der Waals surface area (Å²) in [5, 5.41) is 11.6. The van der Waals surface area contributed by atoms with E-state index in [0.29, 0.717) is 13.1 Å². The van der Waals surface area contributed by atoms with Gasteiger partial charge in [-0.3, -0.25) is 9.59 Å². The maximum atomic E-state index is 12.2. The molecule has 0 aromatic rings. The van der Waals surface area contributed by atoms with Crippen molar-refractivity contribution in [3.63, 3.8) is 0 Å². The Hall–Kier alpha value is -1.79. The highest BCUT2D eigenvalue weighted by atomic mass is 16.4. The minimum atomic E-state index is -0.948. The summed E-state index contributed by atoms with van der Waals surface area (Å²) < 4.78 is 0. The lowest BCUT2D eigenvalue weighted by atomic mass is 10.0. The maximum absolute atomic E-state index is 12.2. The number of amides is 3. The fraction of sp³-hybridized carbons (Fsp3) is 0.769. The molecule has 1 aliphatic heterocycles. The van der Waals surface area contributed by atoms with Gasteiger partial charge in [-0.15, -0.1) is 0 Å². The predicted molar refractivity (Wildman–Crippen MR) is 73.2 cm³/mol. The molecule has 1 fully saturated rings. The van der Waals surface area contributed by atoms with Gasteiger partial charge in [0.15, 0.2) is 0 Å². The van der Waals surface area contributed by atoms with Crippen molar-refractivity contribution in [2.75, 3.05) is 26.7 Å². The van der Waals surface area contributed by atoms with Gasteiger partial charge in [-0.05, 0) is 12.3 Å². The Morgan fingerprint density at radius 1 is 1.35 bits per heavy atom. The van der Waals surface area contributed by atoms with Crippen molar-refractivity contribution >= 4 is 17.9 Å². The third-order valence-corrected chi connectivity index (χ3v) is 3.47. The Morgan fingerprint density at radius 3 is 2.55 bits per heavy atom. The van der Waals surface area contributed by atoms with E-state index < -0.39 is 12.0 Å². The first kappa shape index (κ1) is 16.3. The zero-order chi connectivity index (χ0) is 15.3. The molecule has 0 aromatic heterocycles. The predicted octanol–water partition coefficient (Wildman–Crippen LogP) is 0.359. The van der Waals surface area contributed by atoms with Gasteiger partial charge in [-0.2, -0.15) is 0 Å². The van der Waals surface area contributed by atoms with Gasteiger partial charge in [0.1, 0.15) is 6.54 Å². The first-order valence-corrected chi connectivity index (χ1v) is 6.82. The Balaban J connectivity index is 2.63. The lowest BCUT2D eigenvalue weighted by Crippen LogP contribution is -2.49. The third kappa shape index (κ3) is 4.71. The summed E-state index contributed by atoms with van der Waals surface area (Å²) in [5.41, 5.74) is 0. The van der Waals surface area contributed by atoms with Crippen LogP contribution in [0.1, 0.15) is 26.7 Å². The summed E-state index contributed by atoms with van der Waals surface area (Å²) >= 11 is 0. The summed E-state index contributed by atoms with van der Waals surface area (Å²) in [6, 6.07) is -0.801. The fourth-order valence-electron chi connectivity index (χ4n) is 2.05. The molecule has 1 unspecified atom stereocenters. The molecule has 0 saturated carbocycles. The van der Waals surface area contributed by atoms with Crippen LogP contribution in [0.15, 0.2) is 0 Å². The normalized spacial score (nSPS) is 17.9. The van der Waals surface area contributed by atoms with Gasteiger partial charge in [0.25, 0.3) is 0 Å². The van der Waals surface area contributed by atoms with Crippen molar-refractivity contribution in [2.24, 2.45) is 5.92 Å². The largest absolute Gasteiger partial charge is 0.481 e. The van der Waals surface area contributed by atoms with Crippen LogP contribution in [-0.2, 0) is 9.59 Å². The van der Waals surface area contributed by atoms with Crippen LogP contribution >= 0.6 is 0 Å². The average molecular weight is 285 g/mol. The van der Waals surface area contributed by atoms with Crippen LogP contribution in [0, 0.1) is 5.92 Å². The number of carboxylic acid groups (broad SMARTS) is 1. The number of likely N-dealkylation sites (N-methyl/N-ethyl adjacent to an activating group) is 1. The smallest absolute Gasteiger partial charge is 0.318 e. The van der Waals surface area contributed by atoms with Crippen molar-refractivity contribution in [1.82, 2.24) is 15.1 Å². The highest BCUT2D eigenvalue weighted by molar-refractivity contribution is 5.84. The summed E-state index contributed by atoms with van der Waals surface area (Å²) in [6.07, 6.45) is 0.603. The molecule has 20 heavy (non-hydrogen) atoms. The highest BCUT2D eigenvalue weighted by Gasteiger charge is 2.26. The number of rotatable bonds is 4. The molecular formula is C13H23N3O4. The zero-order valence-electron chi connectivity index (χ0n) is 12.3. The highest BCUT2D eigenvalue weighted by Crippen LogP contribution is 2.09. The van der Waals surface area contributed by atoms with E-state index in [-0.39, 0.29) is 30.8 Å². The molecule has 1 saturated heterocycles. The van der Waals surface area contributed by atoms with Crippen molar-refractivity contribution in [3.05, 3.63) is 0 Å². The van der Waals surface area contributed by atoms with Crippen molar-refractivity contribution in [2.45, 2.75) is 32.7 Å². The van der Waals surface area contributed by atoms with Gasteiger partial charge < -0.3 is 20.2 Å². The van der Waals surface area contributed by atoms with E-state index in [2.05, 4.69) is 5.32 Å². The Bertz CT molecular complexity index is 384. The number of urea groups is 1. The molecule has 114 valence electrons. The number of carbonyl (C=O) groups excluding carboxylic acids is 2. The minimum Gasteiger partial charge on any atom is -0.481 e. The average Bonchev–Trinajstić information content (AvgIpc) is 2.50. The molecule has 1 atom stereocenters. The van der Waals surface area contributed by atoms with Crippen molar-refractivity contribution < 1.29 is 19.5 Å². The van der Waals surface area contributed by atoms with Crippen LogP contribution in [0.2, 0.25) is 0 Å². The molecule has 0 spiro atoms. The van der Waals surface area contributed by atoms with E-state index in [0.717, 1.165) is 6.42 Å². The van der Waals surface area contributed by atoms with Crippen molar-refractivity contribution in [3.8, 4) is 0 Å². The molecule has 0 aromatic carbocycles. The van der Waals surface area contributed by atoms with Gasteiger partial charge in [-0.25, -0.2) is 4.79 Å². The molecular weight excluding hydrogens is 262 g/mol. The molecule has 2 N–H and O–H groups in total. The second-order valence-electron chi connectivity index (χ2n) is 5.49. The monoisotopic (exact) mass is 285 g/mol. The first-order chi connectivity index (χ1) is 9.31. The van der Waals surface area contributed by atoms with Crippen molar-refractivity contribution in [1.29, 1.82) is 0 Å². The van der Waals surface area contributed by atoms with E-state index in [1.165, 1.54) is 4.90 Å². The lowest BCUT2D eigenvalue weighted by molar-refractivity contribution is -0.137. The fourth-order valence-corrected chi connectivity index (χ4v) is 2.05.